The number of aromatic nitrogens is 4. The highest BCUT2D eigenvalue weighted by Gasteiger charge is 2.26. The fourth-order valence-electron chi connectivity index (χ4n) is 4.51. The summed E-state index contributed by atoms with van der Waals surface area (Å²) in [6, 6.07) is 6.41. The molecule has 7 heteroatoms. The van der Waals surface area contributed by atoms with E-state index in [4.69, 9.17) is 10.1 Å². The summed E-state index contributed by atoms with van der Waals surface area (Å²) in [4.78, 5) is 23.6. The van der Waals surface area contributed by atoms with E-state index in [2.05, 4.69) is 34.3 Å². The van der Waals surface area contributed by atoms with Crippen LogP contribution < -0.4 is 5.32 Å². The number of carbonyl (C=O) groups excluding carboxylic acids is 1. The number of hydrogen-bond acceptors (Lipinski definition) is 5. The number of nitrogens with one attached hydrogen (secondary N) is 1. The zero-order valence-corrected chi connectivity index (χ0v) is 18.9. The predicted molar refractivity (Wildman–Crippen MR) is 121 cm³/mol. The molecule has 3 aromatic heterocycles. The maximum absolute atomic E-state index is 12.1. The lowest BCUT2D eigenvalue weighted by Crippen LogP contribution is -2.30. The van der Waals surface area contributed by atoms with Crippen LogP contribution in [0.3, 0.4) is 0 Å². The first-order chi connectivity index (χ1) is 14.9. The standard InChI is InChI=1S/C24H32N6O/c1-16(2)26-24(31)8-7-21-17(3)27-23-12-22(28-30(23)18(21)4)20-9-11-29(15-20)14-19-6-5-10-25-13-19/h5-6,10,12-13,16,20H,7-9,11,14-15H2,1-4H3,(H,26,31)/t20-/m0/s1. The van der Waals surface area contributed by atoms with Crippen molar-refractivity contribution in [1.29, 1.82) is 0 Å². The molecule has 1 fully saturated rings. The van der Waals surface area contributed by atoms with Gasteiger partial charge in [-0.15, -0.1) is 0 Å². The fraction of sp³-hybridized carbons (Fsp3) is 0.500. The molecular formula is C24H32N6O. The number of amides is 1. The summed E-state index contributed by atoms with van der Waals surface area (Å²) in [6.45, 7) is 11.1. The van der Waals surface area contributed by atoms with E-state index in [1.54, 1.807) is 0 Å². The number of fused-ring (bicyclic) bond motifs is 1. The van der Waals surface area contributed by atoms with Crippen molar-refractivity contribution in [3.8, 4) is 0 Å². The Labute approximate surface area is 183 Å². The lowest BCUT2D eigenvalue weighted by atomic mass is 10.1. The van der Waals surface area contributed by atoms with Crippen LogP contribution >= 0.6 is 0 Å². The molecule has 1 N–H and O–H groups in total. The van der Waals surface area contributed by atoms with E-state index in [-0.39, 0.29) is 11.9 Å². The number of aryl methyl sites for hydroxylation is 2. The third-order valence-corrected chi connectivity index (χ3v) is 6.05. The van der Waals surface area contributed by atoms with Gasteiger partial charge in [-0.1, -0.05) is 6.07 Å². The largest absolute Gasteiger partial charge is 0.354 e. The summed E-state index contributed by atoms with van der Waals surface area (Å²) < 4.78 is 1.96. The van der Waals surface area contributed by atoms with E-state index >= 15 is 0 Å². The van der Waals surface area contributed by atoms with E-state index in [9.17, 15) is 4.79 Å². The van der Waals surface area contributed by atoms with Gasteiger partial charge in [0.2, 0.25) is 5.91 Å². The first-order valence-corrected chi connectivity index (χ1v) is 11.2. The maximum atomic E-state index is 12.1. The quantitative estimate of drug-likeness (QED) is 0.635. The smallest absolute Gasteiger partial charge is 0.220 e. The molecule has 0 spiro atoms. The summed E-state index contributed by atoms with van der Waals surface area (Å²) >= 11 is 0. The molecule has 31 heavy (non-hydrogen) atoms. The molecule has 0 saturated carbocycles. The van der Waals surface area contributed by atoms with Crippen LogP contribution in [-0.4, -0.2) is 49.5 Å². The second-order valence-electron chi connectivity index (χ2n) is 8.90. The maximum Gasteiger partial charge on any atom is 0.220 e. The van der Waals surface area contributed by atoms with Crippen LogP contribution in [0.25, 0.3) is 5.65 Å². The Kier molecular flexibility index (Phi) is 6.32. The Hall–Kier alpha value is -2.80. The van der Waals surface area contributed by atoms with E-state index in [0.717, 1.165) is 54.3 Å². The van der Waals surface area contributed by atoms with Crippen LogP contribution in [0, 0.1) is 13.8 Å². The van der Waals surface area contributed by atoms with Gasteiger partial charge >= 0.3 is 0 Å². The fourth-order valence-corrected chi connectivity index (χ4v) is 4.51. The molecule has 0 aliphatic carbocycles. The van der Waals surface area contributed by atoms with Crippen molar-refractivity contribution in [2.45, 2.75) is 65.5 Å². The molecule has 164 valence electrons. The Bertz CT molecular complexity index is 1060. The zero-order valence-electron chi connectivity index (χ0n) is 18.9. The summed E-state index contributed by atoms with van der Waals surface area (Å²) in [6.07, 6.45) is 6.00. The van der Waals surface area contributed by atoms with E-state index in [1.807, 2.05) is 43.7 Å². The summed E-state index contributed by atoms with van der Waals surface area (Å²) in [5.41, 5.74) is 6.43. The zero-order chi connectivity index (χ0) is 22.0. The molecule has 0 radical (unpaired) electrons. The van der Waals surface area contributed by atoms with Crippen LogP contribution in [-0.2, 0) is 17.8 Å². The Morgan fingerprint density at radius 3 is 2.90 bits per heavy atom. The molecule has 1 atom stereocenters. The average molecular weight is 421 g/mol. The van der Waals surface area contributed by atoms with Gasteiger partial charge in [-0.05, 0) is 64.3 Å². The highest BCUT2D eigenvalue weighted by Crippen LogP contribution is 2.28. The van der Waals surface area contributed by atoms with Crippen LogP contribution in [0.5, 0.6) is 0 Å². The molecule has 0 bridgehead atoms. The molecule has 4 rings (SSSR count). The van der Waals surface area contributed by atoms with Crippen molar-refractivity contribution in [2.75, 3.05) is 13.1 Å². The second-order valence-corrected chi connectivity index (χ2v) is 8.90. The molecule has 3 aromatic rings. The Morgan fingerprint density at radius 1 is 1.32 bits per heavy atom. The van der Waals surface area contributed by atoms with E-state index < -0.39 is 0 Å². The molecule has 1 aliphatic rings. The van der Waals surface area contributed by atoms with Crippen molar-refractivity contribution < 1.29 is 4.79 Å². The minimum absolute atomic E-state index is 0.0784. The number of pyridine rings is 1. The third kappa shape index (κ3) is 4.93. The van der Waals surface area contributed by atoms with Crippen molar-refractivity contribution in [3.63, 3.8) is 0 Å². The summed E-state index contributed by atoms with van der Waals surface area (Å²) in [5, 5.41) is 7.89. The number of nitrogens with zero attached hydrogens (tertiary/aromatic N) is 5. The molecule has 0 unspecified atom stereocenters. The van der Waals surface area contributed by atoms with Crippen LogP contribution in [0.15, 0.2) is 30.6 Å². The van der Waals surface area contributed by atoms with Crippen molar-refractivity contribution in [1.82, 2.24) is 29.8 Å². The minimum Gasteiger partial charge on any atom is -0.354 e. The van der Waals surface area contributed by atoms with Gasteiger partial charge < -0.3 is 5.32 Å². The third-order valence-electron chi connectivity index (χ3n) is 6.05. The molecule has 1 aliphatic heterocycles. The number of rotatable bonds is 7. The lowest BCUT2D eigenvalue weighted by Gasteiger charge is -2.15. The number of likely N-dealkylation sites (tertiary alicyclic amines) is 1. The van der Waals surface area contributed by atoms with Gasteiger partial charge in [-0.25, -0.2) is 9.50 Å². The van der Waals surface area contributed by atoms with Gasteiger partial charge in [0.15, 0.2) is 5.65 Å². The normalized spacial score (nSPS) is 17.0. The molecule has 4 heterocycles. The van der Waals surface area contributed by atoms with Crippen LogP contribution in [0.1, 0.15) is 60.8 Å². The van der Waals surface area contributed by atoms with Gasteiger partial charge in [0.25, 0.3) is 0 Å². The van der Waals surface area contributed by atoms with Gasteiger partial charge in [0.05, 0.1) is 5.69 Å². The molecule has 1 saturated heterocycles. The van der Waals surface area contributed by atoms with Crippen LogP contribution in [0.4, 0.5) is 0 Å². The van der Waals surface area contributed by atoms with Gasteiger partial charge in [-0.3, -0.25) is 14.7 Å². The summed E-state index contributed by atoms with van der Waals surface area (Å²) in [7, 11) is 0. The predicted octanol–water partition coefficient (Wildman–Crippen LogP) is 3.19. The van der Waals surface area contributed by atoms with Crippen molar-refractivity contribution in [2.24, 2.45) is 0 Å². The van der Waals surface area contributed by atoms with E-state index in [0.29, 0.717) is 18.8 Å². The second kappa shape index (κ2) is 9.14. The molecule has 1 amide bonds. The summed E-state index contributed by atoms with van der Waals surface area (Å²) in [5.74, 6) is 0.494. The van der Waals surface area contributed by atoms with Crippen molar-refractivity contribution in [3.05, 3.63) is 58.8 Å². The highest BCUT2D eigenvalue weighted by atomic mass is 16.1. The van der Waals surface area contributed by atoms with E-state index in [1.165, 1.54) is 5.56 Å². The Balaban J connectivity index is 1.48. The van der Waals surface area contributed by atoms with Gasteiger partial charge in [0.1, 0.15) is 0 Å². The minimum atomic E-state index is 0.0784. The van der Waals surface area contributed by atoms with Crippen molar-refractivity contribution >= 4 is 11.6 Å². The first kappa shape index (κ1) is 21.4. The number of hydrogen-bond donors (Lipinski definition) is 1. The highest BCUT2D eigenvalue weighted by molar-refractivity contribution is 5.76. The van der Waals surface area contributed by atoms with Crippen LogP contribution in [0.2, 0.25) is 0 Å². The first-order valence-electron chi connectivity index (χ1n) is 11.2. The molecule has 0 aromatic carbocycles. The molecular weight excluding hydrogens is 388 g/mol. The lowest BCUT2D eigenvalue weighted by molar-refractivity contribution is -0.121. The average Bonchev–Trinajstić information content (AvgIpc) is 3.35. The molecule has 7 nitrogen and oxygen atoms in total. The Morgan fingerprint density at radius 2 is 2.16 bits per heavy atom. The van der Waals surface area contributed by atoms with Gasteiger partial charge in [-0.2, -0.15) is 5.10 Å². The van der Waals surface area contributed by atoms with Gasteiger partial charge in [0, 0.05) is 61.3 Å². The number of carbonyl (C=O) groups is 1. The SMILES string of the molecule is Cc1nc2cc([C@H]3CCN(Cc4cccnc4)C3)nn2c(C)c1CCC(=O)NC(C)C. The monoisotopic (exact) mass is 420 g/mol. The topological polar surface area (TPSA) is 75.4 Å².